The summed E-state index contributed by atoms with van der Waals surface area (Å²) in [6.45, 7) is 9.78. The Labute approximate surface area is 166 Å². The topological polar surface area (TPSA) is 97.2 Å². The van der Waals surface area contributed by atoms with E-state index in [1.54, 1.807) is 0 Å². The van der Waals surface area contributed by atoms with Crippen LogP contribution in [0.15, 0.2) is 24.4 Å². The number of carboxylic acids is 2. The van der Waals surface area contributed by atoms with Crippen molar-refractivity contribution in [2.45, 2.75) is 32.1 Å². The molecule has 156 valence electrons. The average Bonchev–Trinajstić information content (AvgIpc) is 2.98. The van der Waals surface area contributed by atoms with Gasteiger partial charge in [-0.05, 0) is 57.6 Å². The van der Waals surface area contributed by atoms with Crippen LogP contribution in [0.25, 0.3) is 0 Å². The van der Waals surface area contributed by atoms with Gasteiger partial charge in [-0.25, -0.2) is 14.6 Å². The first-order valence-corrected chi connectivity index (χ1v) is 10.1. The molecule has 3 rings (SSSR count). The molecule has 28 heavy (non-hydrogen) atoms. The molecule has 0 radical (unpaired) electrons. The molecule has 0 saturated carbocycles. The van der Waals surface area contributed by atoms with Gasteiger partial charge < -0.3 is 20.0 Å². The minimum absolute atomic E-state index is 1.11. The highest BCUT2D eigenvalue weighted by Gasteiger charge is 2.17. The minimum Gasteiger partial charge on any atom is -0.473 e. The van der Waals surface area contributed by atoms with Crippen LogP contribution in [0, 0.1) is 0 Å². The number of nitrogens with zero attached hydrogens (tertiary/aromatic N) is 4. The zero-order valence-corrected chi connectivity index (χ0v) is 16.5. The highest BCUT2D eigenvalue weighted by atomic mass is 16.4. The molecule has 2 saturated heterocycles. The number of aromatic nitrogens is 1. The van der Waals surface area contributed by atoms with Crippen LogP contribution < -0.4 is 4.90 Å². The van der Waals surface area contributed by atoms with Crippen LogP contribution in [0.4, 0.5) is 5.82 Å². The van der Waals surface area contributed by atoms with Gasteiger partial charge in [-0.2, -0.15) is 0 Å². The quantitative estimate of drug-likeness (QED) is 0.730. The number of hydrogen-bond donors (Lipinski definition) is 2. The lowest BCUT2D eigenvalue weighted by atomic mass is 10.2. The molecule has 8 heteroatoms. The summed E-state index contributed by atoms with van der Waals surface area (Å²) in [7, 11) is 0. The van der Waals surface area contributed by atoms with Crippen LogP contribution in [-0.2, 0) is 9.59 Å². The summed E-state index contributed by atoms with van der Waals surface area (Å²) in [5, 5.41) is 14.8. The molecule has 0 aliphatic carbocycles. The van der Waals surface area contributed by atoms with Gasteiger partial charge in [0.1, 0.15) is 5.82 Å². The Bertz CT molecular complexity index is 571. The molecule has 0 amide bonds. The van der Waals surface area contributed by atoms with Gasteiger partial charge in [0.05, 0.1) is 0 Å². The fraction of sp³-hybridized carbons (Fsp3) is 0.650. The summed E-state index contributed by atoms with van der Waals surface area (Å²) in [6.07, 6.45) is 8.90. The number of carboxylic acid groups (broad SMARTS) is 2. The van der Waals surface area contributed by atoms with Gasteiger partial charge in [-0.3, -0.25) is 4.90 Å². The van der Waals surface area contributed by atoms with Crippen LogP contribution in [0.3, 0.4) is 0 Å². The lowest BCUT2D eigenvalue weighted by Gasteiger charge is -2.35. The van der Waals surface area contributed by atoms with Crippen molar-refractivity contribution in [1.82, 2.24) is 14.8 Å². The summed E-state index contributed by atoms with van der Waals surface area (Å²) in [4.78, 5) is 30.4. The zero-order valence-electron chi connectivity index (χ0n) is 16.5. The van der Waals surface area contributed by atoms with Crippen LogP contribution in [-0.4, -0.2) is 89.3 Å². The highest BCUT2D eigenvalue weighted by molar-refractivity contribution is 6.27. The first-order chi connectivity index (χ1) is 13.6. The van der Waals surface area contributed by atoms with E-state index >= 15 is 0 Å². The molecular weight excluding hydrogens is 360 g/mol. The second-order valence-corrected chi connectivity index (χ2v) is 7.24. The third-order valence-electron chi connectivity index (χ3n) is 5.18. The van der Waals surface area contributed by atoms with E-state index < -0.39 is 11.9 Å². The number of carbonyl (C=O) groups is 2. The standard InChI is InChI=1S/C18H30N4.C2H2O4/c1-2-6-11-20(10-5-1)12-7-13-21-14-16-22(17-15-21)18-8-3-4-9-19-18;3-1(4)2(5)6/h3-4,8-9H,1-2,5-7,10-17H2;(H,3,4)(H,5,6). The van der Waals surface area contributed by atoms with Gasteiger partial charge >= 0.3 is 11.9 Å². The van der Waals surface area contributed by atoms with E-state index in [9.17, 15) is 0 Å². The third kappa shape index (κ3) is 8.22. The van der Waals surface area contributed by atoms with Crippen molar-refractivity contribution in [3.63, 3.8) is 0 Å². The van der Waals surface area contributed by atoms with Crippen molar-refractivity contribution in [3.8, 4) is 0 Å². The molecule has 0 spiro atoms. The molecule has 0 atom stereocenters. The van der Waals surface area contributed by atoms with Gasteiger partial charge in [0.2, 0.25) is 0 Å². The van der Waals surface area contributed by atoms with Crippen LogP contribution in [0.5, 0.6) is 0 Å². The van der Waals surface area contributed by atoms with E-state index in [1.807, 2.05) is 12.3 Å². The molecule has 2 aliphatic heterocycles. The number of hydrogen-bond acceptors (Lipinski definition) is 6. The maximum Gasteiger partial charge on any atom is 0.414 e. The van der Waals surface area contributed by atoms with E-state index in [0.29, 0.717) is 0 Å². The van der Waals surface area contributed by atoms with E-state index in [0.717, 1.165) is 18.9 Å². The van der Waals surface area contributed by atoms with Gasteiger partial charge in [-0.15, -0.1) is 0 Å². The second-order valence-electron chi connectivity index (χ2n) is 7.24. The predicted octanol–water partition coefficient (Wildman–Crippen LogP) is 1.63. The fourth-order valence-corrected chi connectivity index (χ4v) is 3.62. The van der Waals surface area contributed by atoms with Gasteiger partial charge in [0.25, 0.3) is 0 Å². The molecule has 8 nitrogen and oxygen atoms in total. The number of rotatable bonds is 5. The Hall–Kier alpha value is -2.19. The first-order valence-electron chi connectivity index (χ1n) is 10.1. The molecule has 1 aromatic heterocycles. The number of likely N-dealkylation sites (tertiary alicyclic amines) is 1. The predicted molar refractivity (Wildman–Crippen MR) is 108 cm³/mol. The third-order valence-corrected chi connectivity index (χ3v) is 5.18. The molecule has 1 aromatic rings. The monoisotopic (exact) mass is 392 g/mol. The Balaban J connectivity index is 0.000000409. The highest BCUT2D eigenvalue weighted by Crippen LogP contribution is 2.13. The molecule has 2 N–H and O–H groups in total. The normalized spacial score (nSPS) is 18.6. The van der Waals surface area contributed by atoms with Crippen molar-refractivity contribution < 1.29 is 19.8 Å². The van der Waals surface area contributed by atoms with Crippen LogP contribution in [0.2, 0.25) is 0 Å². The van der Waals surface area contributed by atoms with E-state index in [1.165, 1.54) is 71.4 Å². The smallest absolute Gasteiger partial charge is 0.414 e. The number of piperazine rings is 1. The van der Waals surface area contributed by atoms with Crippen LogP contribution >= 0.6 is 0 Å². The minimum atomic E-state index is -1.82. The number of anilines is 1. The van der Waals surface area contributed by atoms with E-state index in [4.69, 9.17) is 19.8 Å². The second kappa shape index (κ2) is 12.3. The average molecular weight is 393 g/mol. The summed E-state index contributed by atoms with van der Waals surface area (Å²) in [5.74, 6) is -2.52. The molecule has 2 fully saturated rings. The zero-order chi connectivity index (χ0) is 20.2. The van der Waals surface area contributed by atoms with Crippen LogP contribution in [0.1, 0.15) is 32.1 Å². The van der Waals surface area contributed by atoms with Gasteiger partial charge in [-0.1, -0.05) is 18.9 Å². The number of aliphatic carboxylic acids is 2. The summed E-state index contributed by atoms with van der Waals surface area (Å²) in [5.41, 5.74) is 0. The summed E-state index contributed by atoms with van der Waals surface area (Å²) < 4.78 is 0. The van der Waals surface area contributed by atoms with Crippen molar-refractivity contribution in [1.29, 1.82) is 0 Å². The van der Waals surface area contributed by atoms with E-state index in [2.05, 4.69) is 31.8 Å². The Morgan fingerprint density at radius 1 is 0.821 bits per heavy atom. The molecular formula is C20H32N4O4. The molecule has 0 bridgehead atoms. The number of pyridine rings is 1. The van der Waals surface area contributed by atoms with Crippen molar-refractivity contribution in [2.24, 2.45) is 0 Å². The lowest BCUT2D eigenvalue weighted by Crippen LogP contribution is -2.47. The maximum atomic E-state index is 9.10. The largest absolute Gasteiger partial charge is 0.473 e. The first kappa shape index (κ1) is 22.1. The summed E-state index contributed by atoms with van der Waals surface area (Å²) in [6, 6.07) is 6.19. The molecule has 3 heterocycles. The Morgan fingerprint density at radius 2 is 1.39 bits per heavy atom. The molecule has 0 unspecified atom stereocenters. The summed E-state index contributed by atoms with van der Waals surface area (Å²) >= 11 is 0. The van der Waals surface area contributed by atoms with Crippen molar-refractivity contribution >= 4 is 17.8 Å². The van der Waals surface area contributed by atoms with E-state index in [-0.39, 0.29) is 0 Å². The van der Waals surface area contributed by atoms with Gasteiger partial charge in [0.15, 0.2) is 0 Å². The Kier molecular flexibility index (Phi) is 9.71. The SMILES string of the molecule is O=C(O)C(=O)O.c1ccc(N2CCN(CCCN3CCCCCC3)CC2)nc1. The van der Waals surface area contributed by atoms with Crippen molar-refractivity contribution in [2.75, 3.05) is 57.3 Å². The lowest BCUT2D eigenvalue weighted by molar-refractivity contribution is -0.159. The van der Waals surface area contributed by atoms with Gasteiger partial charge in [0, 0.05) is 32.4 Å². The maximum absolute atomic E-state index is 9.10. The molecule has 2 aliphatic rings. The fourth-order valence-electron chi connectivity index (χ4n) is 3.62. The molecule has 0 aromatic carbocycles. The Morgan fingerprint density at radius 3 is 1.89 bits per heavy atom. The van der Waals surface area contributed by atoms with Crippen molar-refractivity contribution in [3.05, 3.63) is 24.4 Å².